The van der Waals surface area contributed by atoms with Gasteiger partial charge >= 0.3 is 5.97 Å². The highest BCUT2D eigenvalue weighted by atomic mass is 16.5. The molecule has 0 saturated carbocycles. The summed E-state index contributed by atoms with van der Waals surface area (Å²) in [6, 6.07) is 16.5. The minimum absolute atomic E-state index is 0.128. The van der Waals surface area contributed by atoms with Gasteiger partial charge in [-0.05, 0) is 54.6 Å². The molecule has 0 fully saturated rings. The van der Waals surface area contributed by atoms with Gasteiger partial charge in [-0.3, -0.25) is 4.79 Å². The Balaban J connectivity index is 1.57. The number of methoxy groups -OCH3 is 3. The van der Waals surface area contributed by atoms with Crippen molar-refractivity contribution in [1.82, 2.24) is 0 Å². The number of carbonyl (C=O) groups excluding carboxylic acids is 2. The summed E-state index contributed by atoms with van der Waals surface area (Å²) >= 11 is 0. The lowest BCUT2D eigenvalue weighted by molar-refractivity contribution is 0.0734. The van der Waals surface area contributed by atoms with Crippen LogP contribution in [0.5, 0.6) is 28.7 Å². The molecule has 1 aliphatic heterocycles. The van der Waals surface area contributed by atoms with E-state index in [0.717, 1.165) is 0 Å². The second-order valence-electron chi connectivity index (χ2n) is 6.83. The third kappa shape index (κ3) is 4.13. The van der Waals surface area contributed by atoms with Crippen LogP contribution in [0.3, 0.4) is 0 Å². The van der Waals surface area contributed by atoms with Crippen LogP contribution in [0.25, 0.3) is 6.08 Å². The number of carbonyl (C=O) groups is 2. The lowest BCUT2D eigenvalue weighted by atomic mass is 10.1. The van der Waals surface area contributed by atoms with Crippen LogP contribution in [0, 0.1) is 0 Å². The number of benzene rings is 3. The molecule has 32 heavy (non-hydrogen) atoms. The normalized spacial score (nSPS) is 13.3. The predicted molar refractivity (Wildman–Crippen MR) is 117 cm³/mol. The number of hydrogen-bond acceptors (Lipinski definition) is 7. The maximum Gasteiger partial charge on any atom is 0.343 e. The topological polar surface area (TPSA) is 80.3 Å². The highest BCUT2D eigenvalue weighted by molar-refractivity contribution is 6.14. The first-order valence-electron chi connectivity index (χ1n) is 9.69. The Morgan fingerprint density at radius 2 is 1.59 bits per heavy atom. The van der Waals surface area contributed by atoms with Gasteiger partial charge in [0.2, 0.25) is 5.78 Å². The standard InChI is InChI=1S/C25H20O7/c1-28-17-6-4-5-15(11-17)25(27)31-19-7-9-20-22(14-19)32-23(24(20)26)13-16-12-18(29-2)8-10-21(16)30-3/h4-14H,1-3H3. The minimum atomic E-state index is -0.551. The number of allylic oxidation sites excluding steroid dienone is 1. The van der Waals surface area contributed by atoms with Crippen molar-refractivity contribution in [3.05, 3.63) is 83.1 Å². The first-order chi connectivity index (χ1) is 15.5. The van der Waals surface area contributed by atoms with Gasteiger partial charge in [-0.1, -0.05) is 6.07 Å². The van der Waals surface area contributed by atoms with Crippen molar-refractivity contribution in [2.45, 2.75) is 0 Å². The maximum atomic E-state index is 12.8. The number of Topliss-reactive ketones (excluding diaryl/α,β-unsaturated/α-hetero) is 1. The average molecular weight is 432 g/mol. The third-order valence-corrected chi connectivity index (χ3v) is 4.88. The Kier molecular flexibility index (Phi) is 5.81. The number of ketones is 1. The molecule has 162 valence electrons. The Morgan fingerprint density at radius 1 is 0.844 bits per heavy atom. The zero-order valence-electron chi connectivity index (χ0n) is 17.7. The molecule has 0 bridgehead atoms. The van der Waals surface area contributed by atoms with Gasteiger partial charge in [0.15, 0.2) is 5.76 Å². The minimum Gasteiger partial charge on any atom is -0.497 e. The van der Waals surface area contributed by atoms with Crippen LogP contribution in [0.4, 0.5) is 0 Å². The fraction of sp³-hybridized carbons (Fsp3) is 0.120. The van der Waals surface area contributed by atoms with Crippen LogP contribution in [0.15, 0.2) is 66.4 Å². The van der Waals surface area contributed by atoms with Crippen LogP contribution in [-0.2, 0) is 0 Å². The summed E-state index contributed by atoms with van der Waals surface area (Å²) in [7, 11) is 4.62. The van der Waals surface area contributed by atoms with Crippen molar-refractivity contribution in [3.8, 4) is 28.7 Å². The second kappa shape index (κ2) is 8.85. The Bertz CT molecular complexity index is 1230. The van der Waals surface area contributed by atoms with E-state index < -0.39 is 5.97 Å². The lowest BCUT2D eigenvalue weighted by Crippen LogP contribution is -2.08. The van der Waals surface area contributed by atoms with Gasteiger partial charge in [-0.15, -0.1) is 0 Å². The molecule has 0 amide bonds. The van der Waals surface area contributed by atoms with Gasteiger partial charge in [0, 0.05) is 11.6 Å². The third-order valence-electron chi connectivity index (χ3n) is 4.88. The molecule has 0 aliphatic carbocycles. The van der Waals surface area contributed by atoms with E-state index in [4.69, 9.17) is 23.7 Å². The molecule has 0 aromatic heterocycles. The fourth-order valence-corrected chi connectivity index (χ4v) is 3.24. The van der Waals surface area contributed by atoms with Crippen molar-refractivity contribution in [2.24, 2.45) is 0 Å². The second-order valence-corrected chi connectivity index (χ2v) is 6.83. The van der Waals surface area contributed by atoms with Crippen molar-refractivity contribution in [1.29, 1.82) is 0 Å². The van der Waals surface area contributed by atoms with Gasteiger partial charge in [-0.2, -0.15) is 0 Å². The Hall–Kier alpha value is -4.26. The molecule has 3 aromatic rings. The van der Waals surface area contributed by atoms with Gasteiger partial charge < -0.3 is 23.7 Å². The summed E-state index contributed by atoms with van der Waals surface area (Å²) in [5, 5.41) is 0. The first-order valence-corrected chi connectivity index (χ1v) is 9.69. The molecular formula is C25H20O7. The summed E-state index contributed by atoms with van der Waals surface area (Å²) in [6.45, 7) is 0. The van der Waals surface area contributed by atoms with Crippen LogP contribution in [-0.4, -0.2) is 33.1 Å². The van der Waals surface area contributed by atoms with Gasteiger partial charge in [0.25, 0.3) is 0 Å². The molecule has 3 aromatic carbocycles. The Morgan fingerprint density at radius 3 is 2.34 bits per heavy atom. The van der Waals surface area contributed by atoms with Crippen LogP contribution in [0.2, 0.25) is 0 Å². The summed E-state index contributed by atoms with van der Waals surface area (Å²) in [5.74, 6) is 1.59. The van der Waals surface area contributed by atoms with Crippen molar-refractivity contribution >= 4 is 17.8 Å². The van der Waals surface area contributed by atoms with Crippen molar-refractivity contribution in [3.63, 3.8) is 0 Å². The number of rotatable bonds is 6. The smallest absolute Gasteiger partial charge is 0.343 e. The molecule has 1 aliphatic rings. The predicted octanol–water partition coefficient (Wildman–Crippen LogP) is 4.55. The summed E-state index contributed by atoms with van der Waals surface area (Å²) < 4.78 is 26.9. The molecule has 0 atom stereocenters. The van der Waals surface area contributed by atoms with E-state index in [1.807, 2.05) is 0 Å². The number of ether oxygens (including phenoxy) is 5. The zero-order valence-corrected chi connectivity index (χ0v) is 17.7. The molecule has 7 nitrogen and oxygen atoms in total. The maximum absolute atomic E-state index is 12.8. The summed E-state index contributed by atoms with van der Waals surface area (Å²) in [4.78, 5) is 25.3. The van der Waals surface area contributed by atoms with E-state index in [-0.39, 0.29) is 17.3 Å². The van der Waals surface area contributed by atoms with E-state index in [9.17, 15) is 9.59 Å². The molecule has 1 heterocycles. The van der Waals surface area contributed by atoms with E-state index in [0.29, 0.717) is 39.7 Å². The number of fused-ring (bicyclic) bond motifs is 1. The molecule has 0 unspecified atom stereocenters. The van der Waals surface area contributed by atoms with E-state index in [1.165, 1.54) is 13.2 Å². The SMILES string of the molecule is COc1cccc(C(=O)Oc2ccc3c(c2)OC(=Cc2cc(OC)ccc2OC)C3=O)c1. The zero-order chi connectivity index (χ0) is 22.7. The summed E-state index contributed by atoms with van der Waals surface area (Å²) in [6.07, 6.45) is 1.59. The van der Waals surface area contributed by atoms with Crippen LogP contribution < -0.4 is 23.7 Å². The number of hydrogen-bond donors (Lipinski definition) is 0. The molecule has 7 heteroatoms. The monoisotopic (exact) mass is 432 g/mol. The quantitative estimate of drug-likeness (QED) is 0.321. The molecule has 0 N–H and O–H groups in total. The Labute approximate surface area is 184 Å². The molecule has 0 saturated heterocycles. The van der Waals surface area contributed by atoms with Crippen LogP contribution >= 0.6 is 0 Å². The lowest BCUT2D eigenvalue weighted by Gasteiger charge is -2.08. The highest BCUT2D eigenvalue weighted by Gasteiger charge is 2.28. The van der Waals surface area contributed by atoms with E-state index in [2.05, 4.69) is 0 Å². The average Bonchev–Trinajstić information content (AvgIpc) is 3.13. The molecular weight excluding hydrogens is 412 g/mol. The van der Waals surface area contributed by atoms with Gasteiger partial charge in [-0.25, -0.2) is 4.79 Å². The van der Waals surface area contributed by atoms with Gasteiger partial charge in [0.05, 0.1) is 32.5 Å². The van der Waals surface area contributed by atoms with E-state index in [1.54, 1.807) is 74.9 Å². The van der Waals surface area contributed by atoms with Crippen molar-refractivity contribution < 1.29 is 33.3 Å². The first kappa shape index (κ1) is 21.0. The fourth-order valence-electron chi connectivity index (χ4n) is 3.24. The molecule has 4 rings (SSSR count). The summed E-state index contributed by atoms with van der Waals surface area (Å²) in [5.41, 5.74) is 1.35. The largest absolute Gasteiger partial charge is 0.497 e. The molecule has 0 radical (unpaired) electrons. The highest BCUT2D eigenvalue weighted by Crippen LogP contribution is 2.36. The van der Waals surface area contributed by atoms with Crippen molar-refractivity contribution in [2.75, 3.05) is 21.3 Å². The van der Waals surface area contributed by atoms with Crippen LogP contribution in [0.1, 0.15) is 26.3 Å². The van der Waals surface area contributed by atoms with Gasteiger partial charge in [0.1, 0.15) is 28.7 Å². The molecule has 0 spiro atoms. The number of esters is 1. The van der Waals surface area contributed by atoms with E-state index >= 15 is 0 Å².